The van der Waals surface area contributed by atoms with E-state index >= 15 is 0 Å². The summed E-state index contributed by atoms with van der Waals surface area (Å²) in [5.41, 5.74) is 0. The molecule has 19 heavy (non-hydrogen) atoms. The fourth-order valence-electron chi connectivity index (χ4n) is 4.24. The standard InChI is InChI=1S/C18H34O/c1-13(2)9-17-7-6-16(10-15(17)4)11-18-8-5-14(3)12-19-18/h13-18H,5-12H2,1-4H3. The average Bonchev–Trinajstić information content (AvgIpc) is 2.35. The van der Waals surface area contributed by atoms with Crippen LogP contribution >= 0.6 is 0 Å². The highest BCUT2D eigenvalue weighted by molar-refractivity contribution is 4.81. The Bertz CT molecular complexity index is 252. The maximum absolute atomic E-state index is 6.02. The highest BCUT2D eigenvalue weighted by Crippen LogP contribution is 2.40. The van der Waals surface area contributed by atoms with Gasteiger partial charge in [0.2, 0.25) is 0 Å². The monoisotopic (exact) mass is 266 g/mol. The molecule has 5 atom stereocenters. The van der Waals surface area contributed by atoms with E-state index in [1.54, 1.807) is 0 Å². The second-order valence-electron chi connectivity index (χ2n) is 7.92. The molecule has 0 aromatic carbocycles. The molecule has 1 nitrogen and oxygen atoms in total. The van der Waals surface area contributed by atoms with Crippen LogP contribution in [0.4, 0.5) is 0 Å². The van der Waals surface area contributed by atoms with Gasteiger partial charge >= 0.3 is 0 Å². The van der Waals surface area contributed by atoms with Gasteiger partial charge in [0.15, 0.2) is 0 Å². The van der Waals surface area contributed by atoms with Crippen LogP contribution in [-0.4, -0.2) is 12.7 Å². The third-order valence-corrected chi connectivity index (χ3v) is 5.42. The predicted molar refractivity (Wildman–Crippen MR) is 82.2 cm³/mol. The molecule has 1 heterocycles. The van der Waals surface area contributed by atoms with Crippen molar-refractivity contribution in [2.45, 2.75) is 78.7 Å². The minimum Gasteiger partial charge on any atom is -0.378 e. The molecular formula is C18H34O. The van der Waals surface area contributed by atoms with Crippen molar-refractivity contribution in [3.63, 3.8) is 0 Å². The van der Waals surface area contributed by atoms with Gasteiger partial charge in [0.25, 0.3) is 0 Å². The van der Waals surface area contributed by atoms with E-state index in [4.69, 9.17) is 4.74 Å². The lowest BCUT2D eigenvalue weighted by molar-refractivity contribution is -0.0294. The van der Waals surface area contributed by atoms with Crippen LogP contribution in [0.3, 0.4) is 0 Å². The maximum Gasteiger partial charge on any atom is 0.0578 e. The molecule has 2 aliphatic rings. The molecule has 0 bridgehead atoms. The molecule has 0 amide bonds. The van der Waals surface area contributed by atoms with E-state index in [2.05, 4.69) is 27.7 Å². The van der Waals surface area contributed by atoms with E-state index in [0.717, 1.165) is 36.2 Å². The Balaban J connectivity index is 1.72. The largest absolute Gasteiger partial charge is 0.378 e. The third kappa shape index (κ3) is 4.77. The lowest BCUT2D eigenvalue weighted by Crippen LogP contribution is -2.30. The summed E-state index contributed by atoms with van der Waals surface area (Å²) in [5, 5.41) is 0. The van der Waals surface area contributed by atoms with Crippen LogP contribution in [0.1, 0.15) is 72.6 Å². The van der Waals surface area contributed by atoms with E-state index in [-0.39, 0.29) is 0 Å². The zero-order chi connectivity index (χ0) is 13.8. The van der Waals surface area contributed by atoms with Crippen molar-refractivity contribution >= 4 is 0 Å². The minimum atomic E-state index is 0.579. The van der Waals surface area contributed by atoms with E-state index in [1.807, 2.05) is 0 Å². The Morgan fingerprint density at radius 3 is 2.42 bits per heavy atom. The fourth-order valence-corrected chi connectivity index (χ4v) is 4.24. The van der Waals surface area contributed by atoms with Crippen molar-refractivity contribution in [2.75, 3.05) is 6.61 Å². The van der Waals surface area contributed by atoms with Gasteiger partial charge in [-0.15, -0.1) is 0 Å². The molecule has 1 saturated carbocycles. The van der Waals surface area contributed by atoms with Gasteiger partial charge in [-0.05, 0) is 68.1 Å². The van der Waals surface area contributed by atoms with Gasteiger partial charge in [0.05, 0.1) is 6.10 Å². The zero-order valence-corrected chi connectivity index (χ0v) is 13.5. The van der Waals surface area contributed by atoms with E-state index in [9.17, 15) is 0 Å². The molecule has 1 saturated heterocycles. The molecule has 1 aliphatic carbocycles. The zero-order valence-electron chi connectivity index (χ0n) is 13.5. The third-order valence-electron chi connectivity index (χ3n) is 5.42. The summed E-state index contributed by atoms with van der Waals surface area (Å²) in [5.74, 6) is 4.52. The summed E-state index contributed by atoms with van der Waals surface area (Å²) in [6.45, 7) is 10.5. The second kappa shape index (κ2) is 7.11. The number of hydrogen-bond acceptors (Lipinski definition) is 1. The Morgan fingerprint density at radius 2 is 1.84 bits per heavy atom. The first-order chi connectivity index (χ1) is 9.04. The minimum absolute atomic E-state index is 0.579. The number of rotatable bonds is 4. The Morgan fingerprint density at radius 1 is 1.05 bits per heavy atom. The van der Waals surface area contributed by atoms with E-state index < -0.39 is 0 Å². The SMILES string of the molecule is CC(C)CC1CCC(CC2CCC(C)CO2)CC1C. The van der Waals surface area contributed by atoms with Crippen LogP contribution in [0.25, 0.3) is 0 Å². The smallest absolute Gasteiger partial charge is 0.0578 e. The normalized spacial score (nSPS) is 40.6. The first kappa shape index (κ1) is 15.4. The van der Waals surface area contributed by atoms with Crippen molar-refractivity contribution in [3.8, 4) is 0 Å². The molecule has 0 aromatic rings. The van der Waals surface area contributed by atoms with Crippen molar-refractivity contribution in [1.29, 1.82) is 0 Å². The molecule has 112 valence electrons. The van der Waals surface area contributed by atoms with Crippen molar-refractivity contribution in [3.05, 3.63) is 0 Å². The van der Waals surface area contributed by atoms with Gasteiger partial charge in [-0.2, -0.15) is 0 Å². The van der Waals surface area contributed by atoms with Gasteiger partial charge in [-0.3, -0.25) is 0 Å². The average molecular weight is 266 g/mol. The van der Waals surface area contributed by atoms with Crippen molar-refractivity contribution in [2.24, 2.45) is 29.6 Å². The molecule has 5 unspecified atom stereocenters. The second-order valence-corrected chi connectivity index (χ2v) is 7.92. The van der Waals surface area contributed by atoms with Crippen LogP contribution in [0.2, 0.25) is 0 Å². The topological polar surface area (TPSA) is 9.23 Å². The number of hydrogen-bond donors (Lipinski definition) is 0. The molecule has 0 spiro atoms. The maximum atomic E-state index is 6.02. The van der Waals surface area contributed by atoms with Crippen LogP contribution in [0.5, 0.6) is 0 Å². The highest BCUT2D eigenvalue weighted by Gasteiger charge is 2.30. The Labute approximate surface area is 120 Å². The molecule has 1 aliphatic heterocycles. The van der Waals surface area contributed by atoms with Crippen molar-refractivity contribution < 1.29 is 4.74 Å². The van der Waals surface area contributed by atoms with Gasteiger partial charge in [0, 0.05) is 6.61 Å². The molecule has 2 fully saturated rings. The first-order valence-electron chi connectivity index (χ1n) is 8.66. The van der Waals surface area contributed by atoms with E-state index in [0.29, 0.717) is 6.10 Å². The summed E-state index contributed by atoms with van der Waals surface area (Å²) in [6.07, 6.45) is 10.4. The summed E-state index contributed by atoms with van der Waals surface area (Å²) in [7, 11) is 0. The van der Waals surface area contributed by atoms with Gasteiger partial charge in [0.1, 0.15) is 0 Å². The fraction of sp³-hybridized carbons (Fsp3) is 1.00. The molecule has 0 N–H and O–H groups in total. The van der Waals surface area contributed by atoms with Crippen LogP contribution in [0, 0.1) is 29.6 Å². The number of ether oxygens (including phenoxy) is 1. The van der Waals surface area contributed by atoms with Crippen LogP contribution < -0.4 is 0 Å². The van der Waals surface area contributed by atoms with Gasteiger partial charge in [-0.25, -0.2) is 0 Å². The molecular weight excluding hydrogens is 232 g/mol. The lowest BCUT2D eigenvalue weighted by Gasteiger charge is -2.37. The summed E-state index contributed by atoms with van der Waals surface area (Å²) in [4.78, 5) is 0. The van der Waals surface area contributed by atoms with Gasteiger partial charge < -0.3 is 4.74 Å². The molecule has 0 aromatic heterocycles. The molecule has 1 heteroatoms. The van der Waals surface area contributed by atoms with Crippen LogP contribution in [-0.2, 0) is 4.74 Å². The summed E-state index contributed by atoms with van der Waals surface area (Å²) < 4.78 is 6.02. The van der Waals surface area contributed by atoms with Crippen LogP contribution in [0.15, 0.2) is 0 Å². The van der Waals surface area contributed by atoms with Crippen molar-refractivity contribution in [1.82, 2.24) is 0 Å². The summed E-state index contributed by atoms with van der Waals surface area (Å²) in [6, 6.07) is 0. The molecule has 2 rings (SSSR count). The predicted octanol–water partition coefficient (Wildman–Crippen LogP) is 5.29. The Kier molecular flexibility index (Phi) is 5.74. The van der Waals surface area contributed by atoms with Gasteiger partial charge in [-0.1, -0.05) is 34.1 Å². The Hall–Kier alpha value is -0.0400. The lowest BCUT2D eigenvalue weighted by atomic mass is 9.70. The quantitative estimate of drug-likeness (QED) is 0.672. The first-order valence-corrected chi connectivity index (χ1v) is 8.66. The summed E-state index contributed by atoms with van der Waals surface area (Å²) >= 11 is 0. The van der Waals surface area contributed by atoms with E-state index in [1.165, 1.54) is 44.9 Å². The highest BCUT2D eigenvalue weighted by atomic mass is 16.5. The molecule has 0 radical (unpaired) electrons.